The average molecular weight is 246 g/mol. The molecule has 0 aliphatic carbocycles. The molecule has 0 bridgehead atoms. The fourth-order valence-electron chi connectivity index (χ4n) is 1.22. The van der Waals surface area contributed by atoms with Crippen molar-refractivity contribution in [2.24, 2.45) is 0 Å². The summed E-state index contributed by atoms with van der Waals surface area (Å²) in [5.41, 5.74) is 0.495. The summed E-state index contributed by atoms with van der Waals surface area (Å²) in [6.45, 7) is 1.25. The van der Waals surface area contributed by atoms with Gasteiger partial charge in [-0.15, -0.1) is 11.8 Å². The predicted molar refractivity (Wildman–Crippen MR) is 60.9 cm³/mol. The minimum atomic E-state index is -0.808. The van der Waals surface area contributed by atoms with Crippen molar-refractivity contribution in [2.75, 3.05) is 12.4 Å². The maximum absolute atomic E-state index is 13.0. The van der Waals surface area contributed by atoms with Crippen LogP contribution in [0.1, 0.15) is 18.6 Å². The predicted octanol–water partition coefficient (Wildman–Crippen LogP) is 1.32. The number of benzene rings is 1. The summed E-state index contributed by atoms with van der Waals surface area (Å²) in [7, 11) is 0. The van der Waals surface area contributed by atoms with Crippen LogP contribution < -0.4 is 0 Å². The van der Waals surface area contributed by atoms with Gasteiger partial charge in [-0.25, -0.2) is 4.39 Å². The Labute approximate surface area is 97.9 Å². The van der Waals surface area contributed by atoms with Crippen LogP contribution in [0, 0.1) is 5.82 Å². The molecule has 0 aliphatic rings. The third-order valence-electron chi connectivity index (χ3n) is 2.06. The highest BCUT2D eigenvalue weighted by Crippen LogP contribution is 2.28. The first-order chi connectivity index (χ1) is 7.54. The highest BCUT2D eigenvalue weighted by molar-refractivity contribution is 7.99. The quantitative estimate of drug-likeness (QED) is 0.686. The zero-order chi connectivity index (χ0) is 12.1. The lowest BCUT2D eigenvalue weighted by molar-refractivity contribution is 0.113. The summed E-state index contributed by atoms with van der Waals surface area (Å²) in [6, 6.07) is 4.14. The van der Waals surface area contributed by atoms with Gasteiger partial charge in [0.05, 0.1) is 18.8 Å². The maximum atomic E-state index is 13.0. The van der Waals surface area contributed by atoms with Crippen LogP contribution in [0.15, 0.2) is 23.1 Å². The number of hydrogen-bond donors (Lipinski definition) is 3. The maximum Gasteiger partial charge on any atom is 0.123 e. The molecule has 0 aliphatic heterocycles. The Morgan fingerprint density at radius 3 is 2.62 bits per heavy atom. The van der Waals surface area contributed by atoms with E-state index in [1.807, 2.05) is 0 Å². The molecule has 0 spiro atoms. The molecule has 1 rings (SSSR count). The largest absolute Gasteiger partial charge is 0.394 e. The van der Waals surface area contributed by atoms with E-state index in [-0.39, 0.29) is 6.61 Å². The molecule has 0 amide bonds. The first kappa shape index (κ1) is 13.4. The Morgan fingerprint density at radius 2 is 2.06 bits per heavy atom. The van der Waals surface area contributed by atoms with Gasteiger partial charge in [-0.05, 0) is 30.7 Å². The van der Waals surface area contributed by atoms with E-state index < -0.39 is 18.0 Å². The number of thioether (sulfide) groups is 1. The lowest BCUT2D eigenvalue weighted by Crippen LogP contribution is -2.14. The molecule has 16 heavy (non-hydrogen) atoms. The number of halogens is 1. The van der Waals surface area contributed by atoms with Crippen molar-refractivity contribution in [2.45, 2.75) is 24.0 Å². The van der Waals surface area contributed by atoms with E-state index in [0.29, 0.717) is 16.2 Å². The molecule has 0 saturated heterocycles. The molecule has 2 atom stereocenters. The van der Waals surface area contributed by atoms with E-state index >= 15 is 0 Å². The Balaban J connectivity index is 2.78. The van der Waals surface area contributed by atoms with Crippen LogP contribution in [0.5, 0.6) is 0 Å². The van der Waals surface area contributed by atoms with E-state index in [2.05, 4.69) is 0 Å². The highest BCUT2D eigenvalue weighted by Gasteiger charge is 2.11. The minimum Gasteiger partial charge on any atom is -0.394 e. The molecule has 1 aromatic carbocycles. The van der Waals surface area contributed by atoms with Crippen LogP contribution >= 0.6 is 11.8 Å². The normalized spacial score (nSPS) is 14.8. The SMILES string of the molecule is C[C@H](O)c1cc(F)ccc1SCC(O)CO. The molecule has 0 aromatic heterocycles. The van der Waals surface area contributed by atoms with Crippen LogP contribution in [0.4, 0.5) is 4.39 Å². The number of hydrogen-bond acceptors (Lipinski definition) is 4. The van der Waals surface area contributed by atoms with E-state index in [0.717, 1.165) is 0 Å². The van der Waals surface area contributed by atoms with Gasteiger partial charge in [-0.3, -0.25) is 0 Å². The van der Waals surface area contributed by atoms with Crippen molar-refractivity contribution >= 4 is 11.8 Å². The molecule has 0 saturated carbocycles. The van der Waals surface area contributed by atoms with Gasteiger partial charge in [0.25, 0.3) is 0 Å². The second-order valence-corrected chi connectivity index (χ2v) is 4.57. The summed E-state index contributed by atoms with van der Waals surface area (Å²) >= 11 is 1.28. The van der Waals surface area contributed by atoms with E-state index in [4.69, 9.17) is 5.11 Å². The average Bonchev–Trinajstić information content (AvgIpc) is 2.26. The Morgan fingerprint density at radius 1 is 1.38 bits per heavy atom. The van der Waals surface area contributed by atoms with Crippen molar-refractivity contribution in [3.63, 3.8) is 0 Å². The molecule has 3 N–H and O–H groups in total. The summed E-state index contributed by atoms with van der Waals surface area (Å²) in [6.07, 6.45) is -1.57. The first-order valence-electron chi connectivity index (χ1n) is 4.93. The van der Waals surface area contributed by atoms with Gasteiger partial charge >= 0.3 is 0 Å². The van der Waals surface area contributed by atoms with Crippen molar-refractivity contribution in [1.29, 1.82) is 0 Å². The summed E-state index contributed by atoms with van der Waals surface area (Å²) in [4.78, 5) is 0.712. The van der Waals surface area contributed by atoms with Gasteiger partial charge in [0, 0.05) is 10.6 Å². The Bertz CT molecular complexity index is 344. The molecule has 1 aromatic rings. The number of aliphatic hydroxyl groups is 3. The lowest BCUT2D eigenvalue weighted by Gasteiger charge is -2.13. The van der Waals surface area contributed by atoms with Gasteiger partial charge < -0.3 is 15.3 Å². The summed E-state index contributed by atoms with van der Waals surface area (Å²) in [5, 5.41) is 27.3. The van der Waals surface area contributed by atoms with E-state index in [1.54, 1.807) is 13.0 Å². The van der Waals surface area contributed by atoms with Gasteiger partial charge in [0.1, 0.15) is 5.82 Å². The van der Waals surface area contributed by atoms with Crippen LogP contribution in [0.2, 0.25) is 0 Å². The molecule has 90 valence electrons. The fraction of sp³-hybridized carbons (Fsp3) is 0.455. The summed E-state index contributed by atoms with van der Waals surface area (Å²) < 4.78 is 13.0. The Kier molecular flexibility index (Phi) is 5.21. The molecule has 0 fully saturated rings. The number of rotatable bonds is 5. The van der Waals surface area contributed by atoms with Crippen LogP contribution in [-0.2, 0) is 0 Å². The van der Waals surface area contributed by atoms with Crippen molar-refractivity contribution in [3.05, 3.63) is 29.6 Å². The Hall–Kier alpha value is -0.620. The van der Waals surface area contributed by atoms with Crippen LogP contribution in [0.25, 0.3) is 0 Å². The lowest BCUT2D eigenvalue weighted by atomic mass is 10.1. The molecular weight excluding hydrogens is 231 g/mol. The molecule has 5 heteroatoms. The topological polar surface area (TPSA) is 60.7 Å². The van der Waals surface area contributed by atoms with Gasteiger partial charge in [0.15, 0.2) is 0 Å². The fourth-order valence-corrected chi connectivity index (χ4v) is 2.25. The van der Waals surface area contributed by atoms with Gasteiger partial charge in [-0.1, -0.05) is 0 Å². The van der Waals surface area contributed by atoms with E-state index in [1.165, 1.54) is 23.9 Å². The summed E-state index contributed by atoms with van der Waals surface area (Å²) in [5.74, 6) is -0.0926. The second kappa shape index (κ2) is 6.20. The molecule has 3 nitrogen and oxygen atoms in total. The zero-order valence-electron chi connectivity index (χ0n) is 8.93. The van der Waals surface area contributed by atoms with Crippen LogP contribution in [0.3, 0.4) is 0 Å². The minimum absolute atomic E-state index is 0.307. The molecule has 0 heterocycles. The third kappa shape index (κ3) is 3.75. The smallest absolute Gasteiger partial charge is 0.123 e. The molecule has 1 unspecified atom stereocenters. The van der Waals surface area contributed by atoms with Gasteiger partial charge in [-0.2, -0.15) is 0 Å². The molecule has 0 radical (unpaired) electrons. The van der Waals surface area contributed by atoms with Crippen molar-refractivity contribution < 1.29 is 19.7 Å². The number of aliphatic hydroxyl groups excluding tert-OH is 3. The van der Waals surface area contributed by atoms with E-state index in [9.17, 15) is 14.6 Å². The highest BCUT2D eigenvalue weighted by atomic mass is 32.2. The molecular formula is C11H15FO3S. The van der Waals surface area contributed by atoms with Crippen LogP contribution in [-0.4, -0.2) is 33.8 Å². The third-order valence-corrected chi connectivity index (χ3v) is 3.30. The van der Waals surface area contributed by atoms with Crippen molar-refractivity contribution in [3.8, 4) is 0 Å². The zero-order valence-corrected chi connectivity index (χ0v) is 9.75. The van der Waals surface area contributed by atoms with Gasteiger partial charge in [0.2, 0.25) is 0 Å². The monoisotopic (exact) mass is 246 g/mol. The van der Waals surface area contributed by atoms with Crippen molar-refractivity contribution in [1.82, 2.24) is 0 Å². The standard InChI is InChI=1S/C11H15FO3S/c1-7(14)10-4-8(12)2-3-11(10)16-6-9(15)5-13/h2-4,7,9,13-15H,5-6H2,1H3/t7-,9?/m0/s1. The first-order valence-corrected chi connectivity index (χ1v) is 5.92. The second-order valence-electron chi connectivity index (χ2n) is 3.51.